The molecule has 0 radical (unpaired) electrons. The fourth-order valence-electron chi connectivity index (χ4n) is 6.36. The molecule has 5 aromatic rings. The van der Waals surface area contributed by atoms with E-state index in [-0.39, 0.29) is 5.41 Å². The van der Waals surface area contributed by atoms with Crippen LogP contribution in [0.2, 0.25) is 0 Å². The number of aromatic nitrogens is 1. The van der Waals surface area contributed by atoms with Crippen molar-refractivity contribution >= 4 is 44.5 Å². The molecule has 0 saturated heterocycles. The molecule has 1 nitrogen and oxygen atoms in total. The minimum Gasteiger partial charge on any atom is -0.264 e. The second-order valence-corrected chi connectivity index (χ2v) is 11.9. The summed E-state index contributed by atoms with van der Waals surface area (Å²) in [5.41, 5.74) is 10.00. The van der Waals surface area contributed by atoms with Gasteiger partial charge in [0.05, 0.1) is 0 Å². The van der Waals surface area contributed by atoms with Gasteiger partial charge in [-0.2, -0.15) is 0 Å². The highest BCUT2D eigenvalue weighted by molar-refractivity contribution is 7.99. The molecule has 4 aromatic carbocycles. The third-order valence-electron chi connectivity index (χ3n) is 8.22. The number of fused-ring (bicyclic) bond motifs is 4. The predicted molar refractivity (Wildman–Crippen MR) is 158 cm³/mol. The highest BCUT2D eigenvalue weighted by Gasteiger charge is 2.38. The number of hydrogen-bond donors (Lipinski definition) is 0. The lowest BCUT2D eigenvalue weighted by Gasteiger charge is -2.27. The van der Waals surface area contributed by atoms with Crippen LogP contribution in [0.1, 0.15) is 48.9 Å². The van der Waals surface area contributed by atoms with E-state index in [1.165, 1.54) is 70.3 Å². The van der Waals surface area contributed by atoms with Gasteiger partial charge in [-0.25, -0.2) is 0 Å². The lowest BCUT2D eigenvalue weighted by Crippen LogP contribution is -2.17. The highest BCUT2D eigenvalue weighted by Crippen LogP contribution is 2.53. The van der Waals surface area contributed by atoms with Gasteiger partial charge in [-0.15, -0.1) is 0 Å². The summed E-state index contributed by atoms with van der Waals surface area (Å²) < 4.78 is 0. The van der Waals surface area contributed by atoms with Crippen LogP contribution in [0, 0.1) is 6.92 Å². The van der Waals surface area contributed by atoms with E-state index >= 15 is 0 Å². The molecule has 1 heterocycles. The quantitative estimate of drug-likeness (QED) is 0.231. The van der Waals surface area contributed by atoms with E-state index in [4.69, 9.17) is 0 Å². The van der Waals surface area contributed by atoms with E-state index < -0.39 is 0 Å². The molecule has 1 aromatic heterocycles. The Bertz CT molecular complexity index is 1710. The lowest BCUT2D eigenvalue weighted by molar-refractivity contribution is 0.652. The maximum atomic E-state index is 4.61. The number of pyridine rings is 1. The second kappa shape index (κ2) is 8.46. The fourth-order valence-corrected chi connectivity index (χ4v) is 7.44. The first-order valence-corrected chi connectivity index (χ1v) is 13.9. The second-order valence-electron chi connectivity index (χ2n) is 10.8. The summed E-state index contributed by atoms with van der Waals surface area (Å²) in [4.78, 5) is 7.19. The zero-order valence-electron chi connectivity index (χ0n) is 21.5. The van der Waals surface area contributed by atoms with E-state index in [0.717, 1.165) is 12.8 Å². The van der Waals surface area contributed by atoms with Crippen LogP contribution >= 0.6 is 11.8 Å². The van der Waals surface area contributed by atoms with Crippen LogP contribution in [0.4, 0.5) is 0 Å². The molecule has 0 aliphatic heterocycles. The van der Waals surface area contributed by atoms with Crippen molar-refractivity contribution < 1.29 is 0 Å². The predicted octanol–water partition coefficient (Wildman–Crippen LogP) is 9.77. The van der Waals surface area contributed by atoms with Crippen molar-refractivity contribution in [3.05, 3.63) is 125 Å². The van der Waals surface area contributed by atoms with Gasteiger partial charge in [0.1, 0.15) is 0 Å². The Hall–Kier alpha value is -3.62. The van der Waals surface area contributed by atoms with Gasteiger partial charge in [0.15, 0.2) is 0 Å². The normalized spacial score (nSPS) is 16.1. The van der Waals surface area contributed by atoms with Gasteiger partial charge in [0.2, 0.25) is 0 Å². The smallest absolute Gasteiger partial charge is 0.0353 e. The maximum Gasteiger partial charge on any atom is 0.0353 e. The SMILES string of the molecule is Cc1ccc(Sc2c3ccccc3c(C3=CC4=C(CC3)c3ccccc3C4(C)C)c3cnccc23)cc1. The van der Waals surface area contributed by atoms with Gasteiger partial charge in [0, 0.05) is 33.0 Å². The highest BCUT2D eigenvalue weighted by atomic mass is 32.2. The molecule has 0 saturated carbocycles. The van der Waals surface area contributed by atoms with E-state index in [2.05, 4.69) is 117 Å². The Labute approximate surface area is 223 Å². The zero-order valence-corrected chi connectivity index (χ0v) is 22.3. The first kappa shape index (κ1) is 22.6. The van der Waals surface area contributed by atoms with Crippen molar-refractivity contribution in [2.45, 2.75) is 48.8 Å². The summed E-state index contributed by atoms with van der Waals surface area (Å²) in [6, 6.07) is 29.0. The standard InChI is InChI=1S/C35H29NS/c1-22-12-15-24(16-13-22)37-34-28-10-5-4-9-27(28)33(30-21-36-19-18-29(30)34)23-14-17-26-25-8-6-7-11-31(25)35(2,3)32(26)20-23/h4-13,15-16,18-21H,14,17H2,1-3H3. The molecular formula is C35H29NS. The van der Waals surface area contributed by atoms with Crippen LogP contribution in [0.3, 0.4) is 0 Å². The Morgan fingerprint density at radius 2 is 1.49 bits per heavy atom. The van der Waals surface area contributed by atoms with E-state index in [9.17, 15) is 0 Å². The third kappa shape index (κ3) is 3.50. The number of benzene rings is 4. The average molecular weight is 496 g/mol. The summed E-state index contributed by atoms with van der Waals surface area (Å²) in [7, 11) is 0. The molecule has 2 aliphatic carbocycles. The van der Waals surface area contributed by atoms with Crippen molar-refractivity contribution in [1.29, 1.82) is 0 Å². The van der Waals surface area contributed by atoms with Crippen LogP contribution in [0.15, 0.2) is 113 Å². The molecule has 2 aliphatic rings. The fraction of sp³-hybridized carbons (Fsp3) is 0.171. The maximum absolute atomic E-state index is 4.61. The molecule has 0 fully saturated rings. The Balaban J connectivity index is 1.46. The van der Waals surface area contributed by atoms with Crippen LogP contribution in [0.5, 0.6) is 0 Å². The Kier molecular flexibility index (Phi) is 5.16. The number of hydrogen-bond acceptors (Lipinski definition) is 2. The first-order chi connectivity index (χ1) is 18.0. The summed E-state index contributed by atoms with van der Waals surface area (Å²) in [6.45, 7) is 6.90. The van der Waals surface area contributed by atoms with E-state index in [1.54, 1.807) is 0 Å². The van der Waals surface area contributed by atoms with E-state index in [0.29, 0.717) is 0 Å². The zero-order chi connectivity index (χ0) is 25.1. The van der Waals surface area contributed by atoms with Crippen molar-refractivity contribution in [1.82, 2.24) is 4.98 Å². The van der Waals surface area contributed by atoms with E-state index in [1.807, 2.05) is 18.0 Å². The van der Waals surface area contributed by atoms with Crippen molar-refractivity contribution in [2.75, 3.05) is 0 Å². The monoisotopic (exact) mass is 495 g/mol. The molecule has 0 N–H and O–H groups in total. The molecule has 37 heavy (non-hydrogen) atoms. The molecule has 2 heteroatoms. The molecule has 0 unspecified atom stereocenters. The number of allylic oxidation sites excluding steroid dienone is 4. The molecule has 0 bridgehead atoms. The number of aryl methyl sites for hydroxylation is 1. The minimum atomic E-state index is 0.0166. The molecule has 0 amide bonds. The van der Waals surface area contributed by atoms with Gasteiger partial charge < -0.3 is 0 Å². The van der Waals surface area contributed by atoms with Gasteiger partial charge in [0.25, 0.3) is 0 Å². The van der Waals surface area contributed by atoms with Crippen LogP contribution in [-0.4, -0.2) is 4.98 Å². The number of rotatable bonds is 3. The average Bonchev–Trinajstić information content (AvgIpc) is 3.16. The Morgan fingerprint density at radius 1 is 0.757 bits per heavy atom. The molecule has 180 valence electrons. The summed E-state index contributed by atoms with van der Waals surface area (Å²) >= 11 is 1.86. The summed E-state index contributed by atoms with van der Waals surface area (Å²) in [6.07, 6.45) is 8.65. The van der Waals surface area contributed by atoms with Gasteiger partial charge in [-0.05, 0) is 87.5 Å². The molecule has 0 spiro atoms. The Morgan fingerprint density at radius 3 is 2.32 bits per heavy atom. The minimum absolute atomic E-state index is 0.0166. The molecular weight excluding hydrogens is 466 g/mol. The lowest BCUT2D eigenvalue weighted by atomic mass is 9.77. The van der Waals surface area contributed by atoms with Crippen molar-refractivity contribution in [3.63, 3.8) is 0 Å². The van der Waals surface area contributed by atoms with Gasteiger partial charge in [-0.3, -0.25) is 4.98 Å². The molecule has 7 rings (SSSR count). The van der Waals surface area contributed by atoms with Crippen LogP contribution < -0.4 is 0 Å². The largest absolute Gasteiger partial charge is 0.264 e. The number of nitrogens with zero attached hydrogens (tertiary/aromatic N) is 1. The van der Waals surface area contributed by atoms with Crippen LogP contribution in [0.25, 0.3) is 32.7 Å². The van der Waals surface area contributed by atoms with Gasteiger partial charge >= 0.3 is 0 Å². The van der Waals surface area contributed by atoms with Crippen molar-refractivity contribution in [2.24, 2.45) is 0 Å². The molecule has 0 atom stereocenters. The third-order valence-corrected chi connectivity index (χ3v) is 9.38. The summed E-state index contributed by atoms with van der Waals surface area (Å²) in [5, 5.41) is 5.17. The van der Waals surface area contributed by atoms with Crippen LogP contribution in [-0.2, 0) is 5.41 Å². The topological polar surface area (TPSA) is 12.9 Å². The van der Waals surface area contributed by atoms with Gasteiger partial charge in [-0.1, -0.05) is 97.9 Å². The summed E-state index contributed by atoms with van der Waals surface area (Å²) in [5.74, 6) is 0. The van der Waals surface area contributed by atoms with Crippen molar-refractivity contribution in [3.8, 4) is 0 Å². The first-order valence-electron chi connectivity index (χ1n) is 13.1.